The van der Waals surface area contributed by atoms with Crippen LogP contribution in [0.25, 0.3) is 0 Å². The standard InChI is InChI=1S/C10H11BrF2O3/c11-9-6(12)3-5(4-7(9)13)10(16)8(15)1-2-14/h3-4,8,10,14-16H,1-2H2. The third-order valence-electron chi connectivity index (χ3n) is 2.14. The fourth-order valence-electron chi connectivity index (χ4n) is 1.26. The number of aliphatic hydroxyl groups is 3. The first-order valence-corrected chi connectivity index (χ1v) is 5.38. The number of hydrogen-bond donors (Lipinski definition) is 3. The predicted molar refractivity (Wildman–Crippen MR) is 56.7 cm³/mol. The van der Waals surface area contributed by atoms with Gasteiger partial charge in [-0.15, -0.1) is 0 Å². The fourth-order valence-corrected chi connectivity index (χ4v) is 1.49. The SMILES string of the molecule is OCCC(O)C(O)c1cc(F)c(Br)c(F)c1. The maximum atomic E-state index is 13.1. The van der Waals surface area contributed by atoms with E-state index in [0.29, 0.717) is 0 Å². The summed E-state index contributed by atoms with van der Waals surface area (Å²) >= 11 is 2.70. The molecule has 0 fully saturated rings. The van der Waals surface area contributed by atoms with Crippen LogP contribution in [0, 0.1) is 11.6 Å². The van der Waals surface area contributed by atoms with Gasteiger partial charge in [-0.1, -0.05) is 0 Å². The van der Waals surface area contributed by atoms with Crippen molar-refractivity contribution < 1.29 is 24.1 Å². The van der Waals surface area contributed by atoms with Gasteiger partial charge in [-0.3, -0.25) is 0 Å². The highest BCUT2D eigenvalue weighted by Gasteiger charge is 2.20. The van der Waals surface area contributed by atoms with Crippen LogP contribution in [0.3, 0.4) is 0 Å². The summed E-state index contributed by atoms with van der Waals surface area (Å²) < 4.78 is 25.9. The lowest BCUT2D eigenvalue weighted by Crippen LogP contribution is -2.19. The van der Waals surface area contributed by atoms with Crippen molar-refractivity contribution in [3.8, 4) is 0 Å². The number of rotatable bonds is 4. The first-order chi connectivity index (χ1) is 7.47. The largest absolute Gasteiger partial charge is 0.396 e. The molecule has 0 heterocycles. The van der Waals surface area contributed by atoms with Gasteiger partial charge >= 0.3 is 0 Å². The van der Waals surface area contributed by atoms with Gasteiger partial charge in [0.2, 0.25) is 0 Å². The zero-order valence-electron chi connectivity index (χ0n) is 8.20. The molecule has 3 nitrogen and oxygen atoms in total. The minimum Gasteiger partial charge on any atom is -0.396 e. The normalized spacial score (nSPS) is 14.9. The van der Waals surface area contributed by atoms with Gasteiger partial charge in [0.15, 0.2) is 0 Å². The van der Waals surface area contributed by atoms with E-state index in [1.165, 1.54) is 0 Å². The quantitative estimate of drug-likeness (QED) is 0.738. The second-order valence-electron chi connectivity index (χ2n) is 3.32. The molecule has 0 saturated carbocycles. The Kier molecular flexibility index (Phi) is 4.79. The average Bonchev–Trinajstić information content (AvgIpc) is 2.24. The third kappa shape index (κ3) is 2.98. The second-order valence-corrected chi connectivity index (χ2v) is 4.12. The summed E-state index contributed by atoms with van der Waals surface area (Å²) in [7, 11) is 0. The number of aliphatic hydroxyl groups excluding tert-OH is 3. The molecule has 0 aliphatic carbocycles. The van der Waals surface area contributed by atoms with Gasteiger partial charge in [0.25, 0.3) is 0 Å². The lowest BCUT2D eigenvalue weighted by molar-refractivity contribution is 0.00392. The van der Waals surface area contributed by atoms with E-state index in [4.69, 9.17) is 5.11 Å². The summed E-state index contributed by atoms with van der Waals surface area (Å²) in [5, 5.41) is 27.5. The smallest absolute Gasteiger partial charge is 0.140 e. The Bertz CT molecular complexity index is 350. The summed E-state index contributed by atoms with van der Waals surface area (Å²) in [6.45, 7) is -0.320. The van der Waals surface area contributed by atoms with E-state index >= 15 is 0 Å². The van der Waals surface area contributed by atoms with E-state index < -0.39 is 23.8 Å². The van der Waals surface area contributed by atoms with Crippen molar-refractivity contribution in [1.82, 2.24) is 0 Å². The first kappa shape index (κ1) is 13.5. The average molecular weight is 297 g/mol. The second kappa shape index (κ2) is 5.67. The Morgan fingerprint density at radius 1 is 1.19 bits per heavy atom. The molecule has 0 aromatic heterocycles. The van der Waals surface area contributed by atoms with E-state index in [2.05, 4.69) is 15.9 Å². The van der Waals surface area contributed by atoms with Crippen LogP contribution >= 0.6 is 15.9 Å². The van der Waals surface area contributed by atoms with Gasteiger partial charge in [-0.2, -0.15) is 0 Å². The van der Waals surface area contributed by atoms with Gasteiger partial charge < -0.3 is 15.3 Å². The Morgan fingerprint density at radius 3 is 2.12 bits per heavy atom. The summed E-state index contributed by atoms with van der Waals surface area (Å²) in [5.41, 5.74) is -0.0702. The molecule has 0 aliphatic heterocycles. The van der Waals surface area contributed by atoms with Crippen molar-refractivity contribution in [2.75, 3.05) is 6.61 Å². The maximum absolute atomic E-state index is 13.1. The Morgan fingerprint density at radius 2 is 1.69 bits per heavy atom. The molecule has 0 radical (unpaired) electrons. The van der Waals surface area contributed by atoms with Crippen molar-refractivity contribution in [2.45, 2.75) is 18.6 Å². The molecule has 2 unspecified atom stereocenters. The molecule has 6 heteroatoms. The van der Waals surface area contributed by atoms with Crippen LogP contribution in [-0.2, 0) is 0 Å². The zero-order chi connectivity index (χ0) is 12.3. The molecule has 0 spiro atoms. The summed E-state index contributed by atoms with van der Waals surface area (Å²) in [6.07, 6.45) is -2.75. The van der Waals surface area contributed by atoms with E-state index in [1.54, 1.807) is 0 Å². The fraction of sp³-hybridized carbons (Fsp3) is 0.400. The van der Waals surface area contributed by atoms with E-state index in [0.717, 1.165) is 12.1 Å². The van der Waals surface area contributed by atoms with E-state index in [1.807, 2.05) is 0 Å². The van der Waals surface area contributed by atoms with Gasteiger partial charge in [0.05, 0.1) is 10.6 Å². The van der Waals surface area contributed by atoms with Crippen LogP contribution in [0.4, 0.5) is 8.78 Å². The van der Waals surface area contributed by atoms with Crippen molar-refractivity contribution in [1.29, 1.82) is 0 Å². The Labute approximate surface area is 99.5 Å². The summed E-state index contributed by atoms with van der Waals surface area (Å²) in [5.74, 6) is -1.71. The van der Waals surface area contributed by atoms with Crippen molar-refractivity contribution in [3.63, 3.8) is 0 Å². The number of hydrogen-bond acceptors (Lipinski definition) is 3. The van der Waals surface area contributed by atoms with Gasteiger partial charge in [-0.05, 0) is 40.0 Å². The van der Waals surface area contributed by atoms with Crippen LogP contribution in [0.2, 0.25) is 0 Å². The highest BCUT2D eigenvalue weighted by Crippen LogP contribution is 2.26. The third-order valence-corrected chi connectivity index (χ3v) is 2.89. The predicted octanol–water partition coefficient (Wildman–Crippen LogP) is 1.50. The highest BCUT2D eigenvalue weighted by molar-refractivity contribution is 9.10. The molecule has 90 valence electrons. The number of benzene rings is 1. The molecule has 1 aromatic carbocycles. The highest BCUT2D eigenvalue weighted by atomic mass is 79.9. The first-order valence-electron chi connectivity index (χ1n) is 4.58. The molecule has 0 amide bonds. The Balaban J connectivity index is 2.96. The number of halogens is 3. The molecule has 0 bridgehead atoms. The van der Waals surface area contributed by atoms with Crippen LogP contribution in [-0.4, -0.2) is 28.0 Å². The molecule has 2 atom stereocenters. The summed E-state index contributed by atoms with van der Waals surface area (Å²) in [4.78, 5) is 0. The minimum absolute atomic E-state index is 0.0690. The molecule has 1 rings (SSSR count). The molecule has 1 aromatic rings. The lowest BCUT2D eigenvalue weighted by Gasteiger charge is -2.17. The molecular weight excluding hydrogens is 286 g/mol. The van der Waals surface area contributed by atoms with E-state index in [-0.39, 0.29) is 23.1 Å². The van der Waals surface area contributed by atoms with Gasteiger partial charge in [-0.25, -0.2) is 8.78 Å². The van der Waals surface area contributed by atoms with Crippen LogP contribution < -0.4 is 0 Å². The van der Waals surface area contributed by atoms with Crippen LogP contribution in [0.5, 0.6) is 0 Å². The minimum atomic E-state index is -1.43. The van der Waals surface area contributed by atoms with E-state index in [9.17, 15) is 19.0 Å². The molecule has 0 saturated heterocycles. The van der Waals surface area contributed by atoms with Gasteiger partial charge in [0.1, 0.15) is 17.7 Å². The molecular formula is C10H11BrF2O3. The monoisotopic (exact) mass is 296 g/mol. The molecule has 0 aliphatic rings. The van der Waals surface area contributed by atoms with Crippen LogP contribution in [0.15, 0.2) is 16.6 Å². The van der Waals surface area contributed by atoms with Gasteiger partial charge in [0, 0.05) is 6.61 Å². The van der Waals surface area contributed by atoms with Crippen molar-refractivity contribution in [3.05, 3.63) is 33.8 Å². The van der Waals surface area contributed by atoms with Crippen molar-refractivity contribution in [2.24, 2.45) is 0 Å². The lowest BCUT2D eigenvalue weighted by atomic mass is 10.0. The van der Waals surface area contributed by atoms with Crippen molar-refractivity contribution >= 4 is 15.9 Å². The topological polar surface area (TPSA) is 60.7 Å². The molecule has 3 N–H and O–H groups in total. The zero-order valence-corrected chi connectivity index (χ0v) is 9.79. The Hall–Kier alpha value is -0.560. The molecule has 16 heavy (non-hydrogen) atoms. The maximum Gasteiger partial charge on any atom is 0.140 e. The van der Waals surface area contributed by atoms with Crippen LogP contribution in [0.1, 0.15) is 18.1 Å². The summed E-state index contributed by atoms with van der Waals surface area (Å²) in [6, 6.07) is 1.86.